The molecule has 2 unspecified atom stereocenters. The second kappa shape index (κ2) is 4.57. The quantitative estimate of drug-likeness (QED) is 0.687. The maximum atomic E-state index is 11.6. The van der Waals surface area contributed by atoms with E-state index in [4.69, 9.17) is 5.11 Å². The second-order valence-corrected chi connectivity index (χ2v) is 3.96. The van der Waals surface area contributed by atoms with Crippen LogP contribution in [0.5, 0.6) is 0 Å². The van der Waals surface area contributed by atoms with Crippen molar-refractivity contribution in [1.29, 1.82) is 0 Å². The van der Waals surface area contributed by atoms with E-state index in [9.17, 15) is 5.21 Å². The molecule has 1 aromatic carbocycles. The molecule has 0 amide bonds. The largest absolute Gasteiger partial charge is 0.629 e. The Morgan fingerprint density at radius 1 is 1.40 bits per heavy atom. The Labute approximate surface area is 89.2 Å². The van der Waals surface area contributed by atoms with E-state index in [0.29, 0.717) is 13.0 Å². The van der Waals surface area contributed by atoms with Gasteiger partial charge in [-0.1, -0.05) is 30.3 Å². The molecule has 3 nitrogen and oxygen atoms in total. The summed E-state index contributed by atoms with van der Waals surface area (Å²) in [5, 5.41) is 20.7. The molecule has 0 aliphatic carbocycles. The van der Waals surface area contributed by atoms with E-state index in [1.165, 1.54) is 0 Å². The Hall–Kier alpha value is -1.16. The third kappa shape index (κ3) is 2.45. The van der Waals surface area contributed by atoms with Gasteiger partial charge in [0.25, 0.3) is 0 Å². The third-order valence-electron chi connectivity index (χ3n) is 2.74. The van der Waals surface area contributed by atoms with Gasteiger partial charge in [-0.3, -0.25) is 0 Å². The van der Waals surface area contributed by atoms with Gasteiger partial charge in [0.1, 0.15) is 5.70 Å². The summed E-state index contributed by atoms with van der Waals surface area (Å²) < 4.78 is 0. The molecule has 0 aromatic heterocycles. The van der Waals surface area contributed by atoms with Gasteiger partial charge in [0.2, 0.25) is 0 Å². The number of allylic oxidation sites excluding steroid dienone is 1. The minimum absolute atomic E-state index is 0.109. The van der Waals surface area contributed by atoms with Gasteiger partial charge in [-0.25, -0.2) is 0 Å². The molecule has 3 heteroatoms. The lowest BCUT2D eigenvalue weighted by Crippen LogP contribution is -3.03. The summed E-state index contributed by atoms with van der Waals surface area (Å²) in [6.07, 6.45) is 2.64. The highest BCUT2D eigenvalue weighted by Gasteiger charge is 2.25. The average Bonchev–Trinajstić information content (AvgIpc) is 2.61. The summed E-state index contributed by atoms with van der Waals surface area (Å²) in [6.45, 7) is 0.604. The molecule has 15 heavy (non-hydrogen) atoms. The molecular weight excluding hydrogens is 190 g/mol. The molecule has 2 atom stereocenters. The number of hydrogen-bond donors (Lipinski definition) is 2. The first-order valence-corrected chi connectivity index (χ1v) is 5.19. The standard InChI is InChI=1S/C12H15NO2/c14-9-11-7-12(13(15)8-11)6-10-4-2-1-3-5-10/h1-6,11,13-14H,7-9H2. The van der Waals surface area contributed by atoms with Crippen LogP contribution >= 0.6 is 0 Å². The minimum atomic E-state index is 0.109. The molecule has 1 aromatic rings. The fraction of sp³-hybridized carbons (Fsp3) is 0.333. The van der Waals surface area contributed by atoms with Crippen molar-refractivity contribution in [2.24, 2.45) is 5.92 Å². The van der Waals surface area contributed by atoms with Crippen molar-refractivity contribution in [3.63, 3.8) is 0 Å². The smallest absolute Gasteiger partial charge is 0.108 e. The van der Waals surface area contributed by atoms with Crippen LogP contribution in [0.15, 0.2) is 36.0 Å². The lowest BCUT2D eigenvalue weighted by Gasteiger charge is -2.16. The van der Waals surface area contributed by atoms with Crippen LogP contribution in [0.3, 0.4) is 0 Å². The van der Waals surface area contributed by atoms with E-state index in [1.807, 2.05) is 36.4 Å². The van der Waals surface area contributed by atoms with Crippen molar-refractivity contribution in [2.75, 3.05) is 13.2 Å². The Kier molecular flexibility index (Phi) is 3.16. The maximum Gasteiger partial charge on any atom is 0.108 e. The van der Waals surface area contributed by atoms with Crippen LogP contribution in [0.25, 0.3) is 6.08 Å². The lowest BCUT2D eigenvalue weighted by atomic mass is 10.1. The summed E-state index contributed by atoms with van der Waals surface area (Å²) in [6, 6.07) is 9.82. The molecule has 0 bridgehead atoms. The van der Waals surface area contributed by atoms with Crippen LogP contribution in [-0.2, 0) is 0 Å². The van der Waals surface area contributed by atoms with E-state index in [1.54, 1.807) is 0 Å². The highest BCUT2D eigenvalue weighted by Crippen LogP contribution is 2.14. The monoisotopic (exact) mass is 205 g/mol. The summed E-state index contributed by atoms with van der Waals surface area (Å²) in [4.78, 5) is 0. The number of quaternary nitrogens is 1. The molecule has 0 radical (unpaired) electrons. The van der Waals surface area contributed by atoms with Crippen LogP contribution in [0.2, 0.25) is 0 Å². The lowest BCUT2D eigenvalue weighted by molar-refractivity contribution is -0.796. The molecule has 0 spiro atoms. The summed E-state index contributed by atoms with van der Waals surface area (Å²) in [5.41, 5.74) is 1.90. The zero-order valence-corrected chi connectivity index (χ0v) is 8.52. The SMILES string of the molecule is [O-][NH+]1CC(CO)CC1=Cc1ccccc1. The predicted octanol–water partition coefficient (Wildman–Crippen LogP) is 0.422. The van der Waals surface area contributed by atoms with Crippen LogP contribution in [-0.4, -0.2) is 18.3 Å². The Morgan fingerprint density at radius 2 is 2.13 bits per heavy atom. The maximum absolute atomic E-state index is 11.6. The molecular formula is C12H15NO2. The molecule has 1 saturated heterocycles. The van der Waals surface area contributed by atoms with Crippen LogP contribution in [0.4, 0.5) is 0 Å². The topological polar surface area (TPSA) is 47.7 Å². The first-order chi connectivity index (χ1) is 7.29. The summed E-state index contributed by atoms with van der Waals surface area (Å²) >= 11 is 0. The van der Waals surface area contributed by atoms with Crippen molar-refractivity contribution in [3.05, 3.63) is 46.8 Å². The predicted molar refractivity (Wildman–Crippen MR) is 58.8 cm³/mol. The highest BCUT2D eigenvalue weighted by atomic mass is 16.5. The van der Waals surface area contributed by atoms with Gasteiger partial charge in [-0.15, -0.1) is 0 Å². The zero-order valence-electron chi connectivity index (χ0n) is 8.52. The molecule has 1 aliphatic heterocycles. The van der Waals surface area contributed by atoms with E-state index >= 15 is 0 Å². The molecule has 2 N–H and O–H groups in total. The molecule has 1 heterocycles. The average molecular weight is 205 g/mol. The van der Waals surface area contributed by atoms with Gasteiger partial charge in [-0.05, 0) is 5.56 Å². The number of aliphatic hydroxyl groups is 1. The van der Waals surface area contributed by atoms with Gasteiger partial charge < -0.3 is 15.4 Å². The van der Waals surface area contributed by atoms with E-state index in [2.05, 4.69) is 0 Å². The molecule has 1 aliphatic rings. The first kappa shape index (κ1) is 10.4. The van der Waals surface area contributed by atoms with E-state index < -0.39 is 0 Å². The molecule has 2 rings (SSSR count). The number of aliphatic hydroxyl groups excluding tert-OH is 1. The van der Waals surface area contributed by atoms with Crippen molar-refractivity contribution < 1.29 is 10.2 Å². The Morgan fingerprint density at radius 3 is 2.73 bits per heavy atom. The zero-order chi connectivity index (χ0) is 10.7. The summed E-state index contributed by atoms with van der Waals surface area (Å²) in [7, 11) is 0. The van der Waals surface area contributed by atoms with Gasteiger partial charge in [-0.2, -0.15) is 0 Å². The number of hydrogen-bond acceptors (Lipinski definition) is 2. The van der Waals surface area contributed by atoms with Gasteiger partial charge in [0, 0.05) is 18.4 Å². The van der Waals surface area contributed by atoms with Gasteiger partial charge in [0.05, 0.1) is 13.2 Å². The first-order valence-electron chi connectivity index (χ1n) is 5.19. The van der Waals surface area contributed by atoms with E-state index in [0.717, 1.165) is 11.3 Å². The van der Waals surface area contributed by atoms with Gasteiger partial charge in [0.15, 0.2) is 0 Å². The number of hydroxylamine groups is 2. The fourth-order valence-corrected chi connectivity index (χ4v) is 1.91. The Balaban J connectivity index is 2.14. The number of rotatable bonds is 2. The third-order valence-corrected chi connectivity index (χ3v) is 2.74. The highest BCUT2D eigenvalue weighted by molar-refractivity contribution is 5.50. The second-order valence-electron chi connectivity index (χ2n) is 3.96. The van der Waals surface area contributed by atoms with Crippen LogP contribution in [0.1, 0.15) is 12.0 Å². The van der Waals surface area contributed by atoms with E-state index in [-0.39, 0.29) is 17.6 Å². The van der Waals surface area contributed by atoms with Crippen molar-refractivity contribution in [3.8, 4) is 0 Å². The molecule has 1 fully saturated rings. The molecule has 0 saturated carbocycles. The van der Waals surface area contributed by atoms with Crippen molar-refractivity contribution in [1.82, 2.24) is 0 Å². The summed E-state index contributed by atoms with van der Waals surface area (Å²) in [5.74, 6) is 0.132. The minimum Gasteiger partial charge on any atom is -0.629 e. The van der Waals surface area contributed by atoms with Gasteiger partial charge >= 0.3 is 0 Å². The van der Waals surface area contributed by atoms with Crippen LogP contribution in [0, 0.1) is 11.1 Å². The Bertz CT molecular complexity index is 348. The number of nitrogens with one attached hydrogen (secondary N) is 1. The van der Waals surface area contributed by atoms with Crippen LogP contribution < -0.4 is 5.06 Å². The van der Waals surface area contributed by atoms with Crippen molar-refractivity contribution in [2.45, 2.75) is 6.42 Å². The number of benzene rings is 1. The normalized spacial score (nSPS) is 28.5. The molecule has 80 valence electrons. The van der Waals surface area contributed by atoms with Crippen molar-refractivity contribution >= 4 is 6.08 Å². The fourth-order valence-electron chi connectivity index (χ4n) is 1.91.